The second-order valence-corrected chi connectivity index (χ2v) is 10.6. The van der Waals surface area contributed by atoms with E-state index in [0.717, 1.165) is 17.7 Å². The third-order valence-electron chi connectivity index (χ3n) is 7.19. The number of carbonyl (C=O) groups is 2. The van der Waals surface area contributed by atoms with Crippen molar-refractivity contribution >= 4 is 17.5 Å². The average molecular weight is 530 g/mol. The third-order valence-corrected chi connectivity index (χ3v) is 7.19. The minimum atomic E-state index is -0.307. The van der Waals surface area contributed by atoms with E-state index in [1.807, 2.05) is 73.7 Å². The number of anilines is 1. The minimum absolute atomic E-state index is 0.0253. The lowest BCUT2D eigenvalue weighted by Crippen LogP contribution is -2.47. The van der Waals surface area contributed by atoms with Gasteiger partial charge in [-0.1, -0.05) is 67.6 Å². The van der Waals surface area contributed by atoms with Gasteiger partial charge in [-0.05, 0) is 43.3 Å². The molecule has 0 aromatic heterocycles. The molecule has 3 atom stereocenters. The number of hydrogen-bond donors (Lipinski definition) is 2. The number of nitrogens with one attached hydrogen (secondary N) is 1. The quantitative estimate of drug-likeness (QED) is 0.435. The molecule has 0 fully saturated rings. The van der Waals surface area contributed by atoms with Crippen molar-refractivity contribution in [3.8, 4) is 5.75 Å². The van der Waals surface area contributed by atoms with Crippen molar-refractivity contribution < 1.29 is 19.4 Å². The number of rotatable bonds is 9. The molecule has 0 spiro atoms. The summed E-state index contributed by atoms with van der Waals surface area (Å²) in [5, 5.41) is 12.8. The van der Waals surface area contributed by atoms with Gasteiger partial charge >= 0.3 is 0 Å². The summed E-state index contributed by atoms with van der Waals surface area (Å²) in [4.78, 5) is 30.1. The zero-order valence-electron chi connectivity index (χ0n) is 23.0. The highest BCUT2D eigenvalue weighted by atomic mass is 16.5. The molecular formula is C32H39N3O4. The van der Waals surface area contributed by atoms with Crippen LogP contribution in [0, 0.1) is 5.92 Å². The predicted molar refractivity (Wildman–Crippen MR) is 154 cm³/mol. The Morgan fingerprint density at radius 1 is 1.08 bits per heavy atom. The molecule has 2 N–H and O–H groups in total. The van der Waals surface area contributed by atoms with Gasteiger partial charge in [0.1, 0.15) is 11.9 Å². The second-order valence-electron chi connectivity index (χ2n) is 10.6. The van der Waals surface area contributed by atoms with E-state index in [1.54, 1.807) is 4.90 Å². The molecule has 1 aliphatic rings. The Kier molecular flexibility index (Phi) is 9.74. The van der Waals surface area contributed by atoms with Gasteiger partial charge < -0.3 is 20.1 Å². The SMILES string of the molecule is C[C@H](CO)N1C[C@H](C)[C@@H](CN(C)Cc2ccccc2)Oc2ccc(NC(=O)Cc3ccccc3)cc2CC1=O. The summed E-state index contributed by atoms with van der Waals surface area (Å²) in [6.45, 7) is 5.78. The minimum Gasteiger partial charge on any atom is -0.488 e. The third kappa shape index (κ3) is 7.91. The van der Waals surface area contributed by atoms with Crippen molar-refractivity contribution in [1.82, 2.24) is 9.80 Å². The van der Waals surface area contributed by atoms with E-state index in [9.17, 15) is 14.7 Å². The molecule has 0 bridgehead atoms. The average Bonchev–Trinajstić information content (AvgIpc) is 2.97. The van der Waals surface area contributed by atoms with Crippen LogP contribution in [-0.2, 0) is 29.0 Å². The van der Waals surface area contributed by atoms with Gasteiger partial charge in [0.15, 0.2) is 0 Å². The van der Waals surface area contributed by atoms with Gasteiger partial charge in [-0.3, -0.25) is 14.5 Å². The largest absolute Gasteiger partial charge is 0.488 e. The fourth-order valence-electron chi connectivity index (χ4n) is 4.98. The topological polar surface area (TPSA) is 82.1 Å². The monoisotopic (exact) mass is 529 g/mol. The molecule has 0 unspecified atom stereocenters. The summed E-state index contributed by atoms with van der Waals surface area (Å²) in [5.41, 5.74) is 3.49. The van der Waals surface area contributed by atoms with Crippen molar-refractivity contribution in [2.24, 2.45) is 5.92 Å². The fraction of sp³-hybridized carbons (Fsp3) is 0.375. The number of nitrogens with zero attached hydrogens (tertiary/aromatic N) is 2. The first-order valence-electron chi connectivity index (χ1n) is 13.6. The van der Waals surface area contributed by atoms with Gasteiger partial charge in [0.25, 0.3) is 0 Å². The molecule has 39 heavy (non-hydrogen) atoms. The molecule has 1 aliphatic heterocycles. The lowest BCUT2D eigenvalue weighted by atomic mass is 10.0. The normalized spacial score (nSPS) is 18.4. The Bertz CT molecular complexity index is 1230. The maximum atomic E-state index is 13.4. The number of carbonyl (C=O) groups excluding carboxylic acids is 2. The molecule has 2 amide bonds. The second kappa shape index (κ2) is 13.4. The first-order chi connectivity index (χ1) is 18.8. The lowest BCUT2D eigenvalue weighted by Gasteiger charge is -2.34. The van der Waals surface area contributed by atoms with Gasteiger partial charge in [-0.15, -0.1) is 0 Å². The van der Waals surface area contributed by atoms with Crippen molar-refractivity contribution in [2.75, 3.05) is 32.1 Å². The van der Waals surface area contributed by atoms with E-state index in [0.29, 0.717) is 24.5 Å². The molecule has 4 rings (SSSR count). The standard InChI is InChI=1S/C32H39N3O4/c1-23-19-35(24(2)22-36)32(38)18-27-17-28(33-31(37)16-25-10-6-4-7-11-25)14-15-29(27)39-30(23)21-34(3)20-26-12-8-5-9-13-26/h4-15,17,23-24,30,36H,16,18-22H2,1-3H3,(H,33,37)/t23-,24+,30+/m0/s1. The maximum absolute atomic E-state index is 13.4. The Morgan fingerprint density at radius 3 is 2.41 bits per heavy atom. The summed E-state index contributed by atoms with van der Waals surface area (Å²) in [5.74, 6) is 0.477. The molecule has 7 heteroatoms. The number of ether oxygens (including phenoxy) is 1. The molecule has 0 saturated carbocycles. The highest BCUT2D eigenvalue weighted by Gasteiger charge is 2.31. The van der Waals surface area contributed by atoms with Crippen molar-refractivity contribution in [3.63, 3.8) is 0 Å². The number of fused-ring (bicyclic) bond motifs is 1. The van der Waals surface area contributed by atoms with Crippen LogP contribution >= 0.6 is 0 Å². The van der Waals surface area contributed by atoms with Crippen LogP contribution in [-0.4, -0.2) is 65.6 Å². The highest BCUT2D eigenvalue weighted by Crippen LogP contribution is 2.29. The van der Waals surface area contributed by atoms with Crippen molar-refractivity contribution in [1.29, 1.82) is 0 Å². The molecule has 3 aromatic rings. The summed E-state index contributed by atoms with van der Waals surface area (Å²) >= 11 is 0. The summed E-state index contributed by atoms with van der Waals surface area (Å²) in [6.07, 6.45) is 0.208. The molecule has 206 valence electrons. The summed E-state index contributed by atoms with van der Waals surface area (Å²) in [6, 6.07) is 25.1. The van der Waals surface area contributed by atoms with Gasteiger partial charge in [-0.2, -0.15) is 0 Å². The zero-order chi connectivity index (χ0) is 27.8. The number of likely N-dealkylation sites (N-methyl/N-ethyl adjacent to an activating group) is 1. The Hall–Kier alpha value is -3.68. The van der Waals surface area contributed by atoms with Gasteiger partial charge in [-0.25, -0.2) is 0 Å². The molecule has 0 saturated heterocycles. The number of aliphatic hydroxyl groups excluding tert-OH is 1. The number of hydrogen-bond acceptors (Lipinski definition) is 5. The fourth-order valence-corrected chi connectivity index (χ4v) is 4.98. The number of amides is 2. The Labute approximate surface area is 231 Å². The van der Waals surface area contributed by atoms with Crippen molar-refractivity contribution in [2.45, 2.75) is 45.4 Å². The van der Waals surface area contributed by atoms with Gasteiger partial charge in [0.2, 0.25) is 11.8 Å². The molecule has 3 aromatic carbocycles. The van der Waals surface area contributed by atoms with Crippen LogP contribution in [0.3, 0.4) is 0 Å². The lowest BCUT2D eigenvalue weighted by molar-refractivity contribution is -0.134. The summed E-state index contributed by atoms with van der Waals surface area (Å²) < 4.78 is 6.61. The van der Waals surface area contributed by atoms with Crippen molar-refractivity contribution in [3.05, 3.63) is 95.6 Å². The van der Waals surface area contributed by atoms with Crippen LogP contribution in [0.25, 0.3) is 0 Å². The van der Waals surface area contributed by atoms with E-state index in [4.69, 9.17) is 4.74 Å². The molecule has 1 heterocycles. The summed E-state index contributed by atoms with van der Waals surface area (Å²) in [7, 11) is 2.07. The van der Waals surface area contributed by atoms with Crippen LogP contribution < -0.4 is 10.1 Å². The smallest absolute Gasteiger partial charge is 0.228 e. The van der Waals surface area contributed by atoms with Gasteiger partial charge in [0.05, 0.1) is 25.5 Å². The van der Waals surface area contributed by atoms with Gasteiger partial charge in [0, 0.05) is 36.8 Å². The highest BCUT2D eigenvalue weighted by molar-refractivity contribution is 5.92. The van der Waals surface area contributed by atoms with Crippen LogP contribution in [0.2, 0.25) is 0 Å². The van der Waals surface area contributed by atoms with E-state index in [2.05, 4.69) is 36.3 Å². The molecule has 7 nitrogen and oxygen atoms in total. The van der Waals surface area contributed by atoms with Crippen LogP contribution in [0.1, 0.15) is 30.5 Å². The predicted octanol–water partition coefficient (Wildman–Crippen LogP) is 4.15. The van der Waals surface area contributed by atoms with Crippen LogP contribution in [0.15, 0.2) is 78.9 Å². The van der Waals surface area contributed by atoms with E-state index in [1.165, 1.54) is 5.56 Å². The van der Waals surface area contributed by atoms with Crippen LogP contribution in [0.5, 0.6) is 5.75 Å². The molecule has 0 radical (unpaired) electrons. The Morgan fingerprint density at radius 2 is 1.74 bits per heavy atom. The maximum Gasteiger partial charge on any atom is 0.228 e. The zero-order valence-corrected chi connectivity index (χ0v) is 23.0. The van der Waals surface area contributed by atoms with Crippen LogP contribution in [0.4, 0.5) is 5.69 Å². The van der Waals surface area contributed by atoms with E-state index >= 15 is 0 Å². The Balaban J connectivity index is 1.56. The first kappa shape index (κ1) is 28.3. The number of aliphatic hydroxyl groups is 1. The molecule has 0 aliphatic carbocycles. The molecular weight excluding hydrogens is 490 g/mol. The number of benzene rings is 3. The first-order valence-corrected chi connectivity index (χ1v) is 13.6. The van der Waals surface area contributed by atoms with E-state index in [-0.39, 0.29) is 49.3 Å². The van der Waals surface area contributed by atoms with E-state index < -0.39 is 0 Å².